The second-order valence-corrected chi connectivity index (χ2v) is 4.72. The van der Waals surface area contributed by atoms with Crippen LogP contribution in [0.15, 0.2) is 24.3 Å². The lowest BCUT2D eigenvalue weighted by Gasteiger charge is -2.14. The van der Waals surface area contributed by atoms with Crippen LogP contribution in [0.5, 0.6) is 0 Å². The second-order valence-electron chi connectivity index (χ2n) is 4.28. The first-order chi connectivity index (χ1) is 9.58. The number of nitrogens with two attached hydrogens (primary N) is 1. The summed E-state index contributed by atoms with van der Waals surface area (Å²) in [5, 5.41) is 3.88. The predicted molar refractivity (Wildman–Crippen MR) is 78.4 cm³/mol. The van der Waals surface area contributed by atoms with Gasteiger partial charge in [-0.25, -0.2) is 0 Å². The summed E-state index contributed by atoms with van der Waals surface area (Å²) in [6, 6.07) is 7.59. The van der Waals surface area contributed by atoms with Gasteiger partial charge in [-0.2, -0.15) is 15.0 Å². The maximum absolute atomic E-state index is 5.87. The van der Waals surface area contributed by atoms with Crippen molar-refractivity contribution in [3.8, 4) is 0 Å². The van der Waals surface area contributed by atoms with Gasteiger partial charge in [0, 0.05) is 12.1 Å². The molecule has 0 amide bonds. The topological polar surface area (TPSA) is 86.0 Å². The van der Waals surface area contributed by atoms with Gasteiger partial charge >= 0.3 is 0 Å². The van der Waals surface area contributed by atoms with E-state index < -0.39 is 0 Å². The highest BCUT2D eigenvalue weighted by Gasteiger charge is 2.09. The number of anilines is 2. The van der Waals surface area contributed by atoms with E-state index in [9.17, 15) is 0 Å². The standard InChI is InChI=1S/C13H16ClN5O/c1-8(9-3-5-10(14)6-4-9)16-13-18-11(7-20-2)17-12(15)19-13/h3-6,8H,7H2,1-2H3,(H3,15,16,17,18,19). The molecule has 0 aliphatic carbocycles. The lowest BCUT2D eigenvalue weighted by atomic mass is 10.1. The third-order valence-corrected chi connectivity index (χ3v) is 2.94. The number of aromatic nitrogens is 3. The third-order valence-electron chi connectivity index (χ3n) is 2.69. The Bertz CT molecular complexity index is 575. The van der Waals surface area contributed by atoms with Crippen LogP contribution >= 0.6 is 11.6 Å². The van der Waals surface area contributed by atoms with Crippen LogP contribution in [0, 0.1) is 0 Å². The molecule has 1 atom stereocenters. The minimum Gasteiger partial charge on any atom is -0.377 e. The van der Waals surface area contributed by atoms with E-state index in [1.165, 1.54) is 0 Å². The average molecular weight is 294 g/mol. The van der Waals surface area contributed by atoms with Crippen molar-refractivity contribution in [1.29, 1.82) is 0 Å². The fraction of sp³-hybridized carbons (Fsp3) is 0.308. The molecule has 0 aliphatic rings. The van der Waals surface area contributed by atoms with Gasteiger partial charge in [-0.3, -0.25) is 0 Å². The number of nitrogens with one attached hydrogen (secondary N) is 1. The first kappa shape index (κ1) is 14.5. The van der Waals surface area contributed by atoms with Gasteiger partial charge in [-0.05, 0) is 24.6 Å². The number of nitrogens with zero attached hydrogens (tertiary/aromatic N) is 3. The number of ether oxygens (including phenoxy) is 1. The van der Waals surface area contributed by atoms with Crippen LogP contribution in [-0.2, 0) is 11.3 Å². The van der Waals surface area contributed by atoms with E-state index in [-0.39, 0.29) is 18.6 Å². The first-order valence-electron chi connectivity index (χ1n) is 6.10. The van der Waals surface area contributed by atoms with Gasteiger partial charge in [0.15, 0.2) is 5.82 Å². The molecule has 106 valence electrons. The molecular formula is C13H16ClN5O. The normalized spacial score (nSPS) is 12.2. The van der Waals surface area contributed by atoms with Crippen LogP contribution in [0.4, 0.5) is 11.9 Å². The Morgan fingerprint density at radius 3 is 2.60 bits per heavy atom. The quantitative estimate of drug-likeness (QED) is 0.880. The Hall–Kier alpha value is -1.92. The number of rotatable bonds is 5. The zero-order valence-electron chi connectivity index (χ0n) is 11.3. The van der Waals surface area contributed by atoms with E-state index in [2.05, 4.69) is 20.3 Å². The molecule has 6 nitrogen and oxygen atoms in total. The van der Waals surface area contributed by atoms with E-state index in [1.807, 2.05) is 31.2 Å². The van der Waals surface area contributed by atoms with Crippen molar-refractivity contribution < 1.29 is 4.74 Å². The van der Waals surface area contributed by atoms with Crippen molar-refractivity contribution in [2.24, 2.45) is 0 Å². The molecule has 2 aromatic rings. The predicted octanol–water partition coefficient (Wildman–Crippen LogP) is 2.43. The maximum atomic E-state index is 5.87. The Morgan fingerprint density at radius 1 is 1.25 bits per heavy atom. The Kier molecular flexibility index (Phi) is 4.70. The highest BCUT2D eigenvalue weighted by atomic mass is 35.5. The molecule has 0 fully saturated rings. The Labute approximate surface area is 122 Å². The van der Waals surface area contributed by atoms with Crippen LogP contribution in [0.25, 0.3) is 0 Å². The first-order valence-corrected chi connectivity index (χ1v) is 6.47. The molecule has 0 saturated heterocycles. The van der Waals surface area contributed by atoms with Crippen molar-refractivity contribution >= 4 is 23.5 Å². The summed E-state index contributed by atoms with van der Waals surface area (Å²) < 4.78 is 4.99. The maximum Gasteiger partial charge on any atom is 0.228 e. The van der Waals surface area contributed by atoms with E-state index in [0.29, 0.717) is 16.8 Å². The summed E-state index contributed by atoms with van der Waals surface area (Å²) >= 11 is 5.87. The van der Waals surface area contributed by atoms with Crippen molar-refractivity contribution in [1.82, 2.24) is 15.0 Å². The second kappa shape index (κ2) is 6.49. The van der Waals surface area contributed by atoms with E-state index in [0.717, 1.165) is 5.56 Å². The number of hydrogen-bond donors (Lipinski definition) is 2. The van der Waals surface area contributed by atoms with Gasteiger partial charge in [0.25, 0.3) is 0 Å². The van der Waals surface area contributed by atoms with Gasteiger partial charge in [0.2, 0.25) is 11.9 Å². The minimum atomic E-state index is 0.0180. The number of halogens is 1. The number of hydrogen-bond acceptors (Lipinski definition) is 6. The minimum absolute atomic E-state index is 0.0180. The van der Waals surface area contributed by atoms with Gasteiger partial charge in [0.05, 0.1) is 6.04 Å². The highest BCUT2D eigenvalue weighted by Crippen LogP contribution is 2.19. The van der Waals surface area contributed by atoms with Crippen LogP contribution in [-0.4, -0.2) is 22.1 Å². The van der Waals surface area contributed by atoms with Crippen molar-refractivity contribution in [2.75, 3.05) is 18.2 Å². The molecule has 1 aromatic heterocycles. The molecule has 20 heavy (non-hydrogen) atoms. The zero-order valence-corrected chi connectivity index (χ0v) is 12.1. The molecule has 0 aliphatic heterocycles. The monoisotopic (exact) mass is 293 g/mol. The van der Waals surface area contributed by atoms with Crippen LogP contribution in [0.2, 0.25) is 5.02 Å². The van der Waals surface area contributed by atoms with Gasteiger partial charge in [-0.15, -0.1) is 0 Å². The lowest BCUT2D eigenvalue weighted by Crippen LogP contribution is -2.13. The highest BCUT2D eigenvalue weighted by molar-refractivity contribution is 6.30. The summed E-state index contributed by atoms with van der Waals surface area (Å²) in [4.78, 5) is 12.3. The van der Waals surface area contributed by atoms with Gasteiger partial charge in [-0.1, -0.05) is 23.7 Å². The van der Waals surface area contributed by atoms with Crippen LogP contribution in [0.1, 0.15) is 24.4 Å². The number of benzene rings is 1. The molecule has 0 bridgehead atoms. The van der Waals surface area contributed by atoms with Crippen molar-refractivity contribution in [3.63, 3.8) is 0 Å². The molecule has 3 N–H and O–H groups in total. The van der Waals surface area contributed by atoms with E-state index in [1.54, 1.807) is 7.11 Å². The van der Waals surface area contributed by atoms with Crippen LogP contribution < -0.4 is 11.1 Å². The molecule has 2 rings (SSSR count). The molecule has 1 unspecified atom stereocenters. The summed E-state index contributed by atoms with van der Waals surface area (Å²) in [5.41, 5.74) is 6.72. The summed E-state index contributed by atoms with van der Waals surface area (Å²) in [6.07, 6.45) is 0. The smallest absolute Gasteiger partial charge is 0.228 e. The molecule has 1 aromatic carbocycles. The third kappa shape index (κ3) is 3.79. The zero-order chi connectivity index (χ0) is 14.5. The molecule has 0 radical (unpaired) electrons. The molecule has 0 spiro atoms. The molecule has 0 saturated carbocycles. The van der Waals surface area contributed by atoms with Gasteiger partial charge < -0.3 is 15.8 Å². The molecule has 7 heteroatoms. The molecular weight excluding hydrogens is 278 g/mol. The van der Waals surface area contributed by atoms with Gasteiger partial charge in [0.1, 0.15) is 6.61 Å². The SMILES string of the molecule is COCc1nc(N)nc(NC(C)c2ccc(Cl)cc2)n1. The number of nitrogen functional groups attached to an aromatic ring is 1. The van der Waals surface area contributed by atoms with Crippen molar-refractivity contribution in [3.05, 3.63) is 40.7 Å². The summed E-state index contributed by atoms with van der Waals surface area (Å²) in [5.74, 6) is 1.08. The fourth-order valence-corrected chi connectivity index (χ4v) is 1.85. The largest absolute Gasteiger partial charge is 0.377 e. The average Bonchev–Trinajstić information content (AvgIpc) is 2.39. The summed E-state index contributed by atoms with van der Waals surface area (Å²) in [6.45, 7) is 2.29. The van der Waals surface area contributed by atoms with Crippen molar-refractivity contribution in [2.45, 2.75) is 19.6 Å². The Balaban J connectivity index is 2.14. The van der Waals surface area contributed by atoms with E-state index in [4.69, 9.17) is 22.1 Å². The summed E-state index contributed by atoms with van der Waals surface area (Å²) in [7, 11) is 1.57. The van der Waals surface area contributed by atoms with E-state index >= 15 is 0 Å². The number of methoxy groups -OCH3 is 1. The fourth-order valence-electron chi connectivity index (χ4n) is 1.72. The Morgan fingerprint density at radius 2 is 1.95 bits per heavy atom. The van der Waals surface area contributed by atoms with Crippen LogP contribution in [0.3, 0.4) is 0 Å². The molecule has 1 heterocycles. The lowest BCUT2D eigenvalue weighted by molar-refractivity contribution is 0.178.